The van der Waals surface area contributed by atoms with E-state index in [0.29, 0.717) is 12.1 Å². The van der Waals surface area contributed by atoms with Crippen molar-refractivity contribution >= 4 is 33.2 Å². The maximum absolute atomic E-state index is 11.7. The summed E-state index contributed by atoms with van der Waals surface area (Å²) in [6.07, 6.45) is 0.607. The largest absolute Gasteiger partial charge is 0.397 e. The van der Waals surface area contributed by atoms with Gasteiger partial charge in [0.2, 0.25) is 21.8 Å². The van der Waals surface area contributed by atoms with Crippen molar-refractivity contribution in [1.29, 1.82) is 0 Å². The summed E-state index contributed by atoms with van der Waals surface area (Å²) in [6, 6.07) is 3.61. The number of carbonyl (C=O) groups is 2. The second-order valence-corrected chi connectivity index (χ2v) is 6.49. The van der Waals surface area contributed by atoms with Crippen LogP contribution in [0.15, 0.2) is 23.1 Å². The topological polar surface area (TPSA) is 130 Å². The molecule has 1 unspecified atom stereocenters. The maximum atomic E-state index is 11.7. The van der Waals surface area contributed by atoms with Crippen molar-refractivity contribution in [2.75, 3.05) is 18.1 Å². The number of imide groups is 1. The summed E-state index contributed by atoms with van der Waals surface area (Å²) in [5, 5.41) is 5.14. The van der Waals surface area contributed by atoms with E-state index in [1.807, 2.05) is 0 Å². The summed E-state index contributed by atoms with van der Waals surface area (Å²) in [7, 11) is -2.26. The number of sulfonamides is 1. The predicted molar refractivity (Wildman–Crippen MR) is 76.9 cm³/mol. The fraction of sp³-hybridized carbons (Fsp3) is 0.333. The molecule has 0 saturated carbocycles. The lowest BCUT2D eigenvalue weighted by atomic mass is 10.1. The minimum Gasteiger partial charge on any atom is -0.397 e. The van der Waals surface area contributed by atoms with Crippen LogP contribution in [0.25, 0.3) is 0 Å². The van der Waals surface area contributed by atoms with E-state index in [9.17, 15) is 18.0 Å². The lowest BCUT2D eigenvalue weighted by molar-refractivity contribution is -0.133. The van der Waals surface area contributed by atoms with Crippen LogP contribution in [0.2, 0.25) is 0 Å². The highest BCUT2D eigenvalue weighted by Crippen LogP contribution is 2.24. The van der Waals surface area contributed by atoms with Crippen molar-refractivity contribution in [1.82, 2.24) is 10.0 Å². The van der Waals surface area contributed by atoms with Crippen LogP contribution in [0.3, 0.4) is 0 Å². The number of benzene rings is 1. The second kappa shape index (κ2) is 5.70. The van der Waals surface area contributed by atoms with Gasteiger partial charge >= 0.3 is 0 Å². The van der Waals surface area contributed by atoms with Gasteiger partial charge in [-0.25, -0.2) is 13.1 Å². The van der Waals surface area contributed by atoms with Crippen molar-refractivity contribution < 1.29 is 18.0 Å². The van der Waals surface area contributed by atoms with E-state index < -0.39 is 22.0 Å². The molecule has 8 nitrogen and oxygen atoms in total. The van der Waals surface area contributed by atoms with E-state index in [4.69, 9.17) is 5.73 Å². The van der Waals surface area contributed by atoms with Gasteiger partial charge in [-0.2, -0.15) is 0 Å². The predicted octanol–water partition coefficient (Wildman–Crippen LogP) is -0.606. The minimum absolute atomic E-state index is 0.0383. The van der Waals surface area contributed by atoms with Crippen molar-refractivity contribution in [3.05, 3.63) is 18.2 Å². The molecule has 114 valence electrons. The summed E-state index contributed by atoms with van der Waals surface area (Å²) in [6.45, 7) is 0. The summed E-state index contributed by atoms with van der Waals surface area (Å²) < 4.78 is 25.5. The Morgan fingerprint density at radius 3 is 2.62 bits per heavy atom. The quantitative estimate of drug-likeness (QED) is 0.433. The number of hydrogen-bond donors (Lipinski definition) is 4. The molecule has 2 amide bonds. The van der Waals surface area contributed by atoms with Gasteiger partial charge in [-0.05, 0) is 31.7 Å². The number of hydrogen-bond acceptors (Lipinski definition) is 6. The number of piperidine rings is 1. The third-order valence-corrected chi connectivity index (χ3v) is 4.58. The maximum Gasteiger partial charge on any atom is 0.249 e. The third kappa shape index (κ3) is 3.31. The zero-order valence-corrected chi connectivity index (χ0v) is 12.2. The Bertz CT molecular complexity index is 686. The van der Waals surface area contributed by atoms with Crippen LogP contribution in [0.4, 0.5) is 11.4 Å². The first-order valence-electron chi connectivity index (χ1n) is 6.27. The van der Waals surface area contributed by atoms with Gasteiger partial charge in [0.1, 0.15) is 6.04 Å². The molecule has 21 heavy (non-hydrogen) atoms. The molecule has 1 fully saturated rings. The lowest BCUT2D eigenvalue weighted by Crippen LogP contribution is -2.47. The molecule has 1 heterocycles. The Kier molecular flexibility index (Phi) is 4.14. The molecule has 0 aliphatic carbocycles. The molecule has 1 aromatic rings. The second-order valence-electron chi connectivity index (χ2n) is 4.60. The Labute approximate surface area is 122 Å². The van der Waals surface area contributed by atoms with Crippen LogP contribution in [0.1, 0.15) is 12.8 Å². The Balaban J connectivity index is 2.19. The molecule has 2 rings (SSSR count). The molecular formula is C12H16N4O4S. The van der Waals surface area contributed by atoms with E-state index in [-0.39, 0.29) is 22.9 Å². The highest BCUT2D eigenvalue weighted by atomic mass is 32.2. The van der Waals surface area contributed by atoms with Crippen LogP contribution in [0.5, 0.6) is 0 Å². The van der Waals surface area contributed by atoms with Crippen LogP contribution in [0, 0.1) is 0 Å². The van der Waals surface area contributed by atoms with E-state index in [2.05, 4.69) is 15.4 Å². The Morgan fingerprint density at radius 1 is 1.33 bits per heavy atom. The normalized spacial score (nSPS) is 19.2. The van der Waals surface area contributed by atoms with E-state index in [1.165, 1.54) is 25.2 Å². The van der Waals surface area contributed by atoms with Crippen LogP contribution >= 0.6 is 0 Å². The average Bonchev–Trinajstić information content (AvgIpc) is 2.43. The molecule has 1 aromatic carbocycles. The van der Waals surface area contributed by atoms with Crippen LogP contribution < -0.4 is 21.1 Å². The summed E-state index contributed by atoms with van der Waals surface area (Å²) in [5.41, 5.74) is 6.46. The zero-order chi connectivity index (χ0) is 15.6. The van der Waals surface area contributed by atoms with E-state index in [1.54, 1.807) is 0 Å². The first-order valence-corrected chi connectivity index (χ1v) is 7.75. The van der Waals surface area contributed by atoms with Crippen molar-refractivity contribution in [2.24, 2.45) is 0 Å². The molecule has 0 radical (unpaired) electrons. The number of anilines is 2. The third-order valence-electron chi connectivity index (χ3n) is 3.17. The monoisotopic (exact) mass is 312 g/mol. The van der Waals surface area contributed by atoms with Gasteiger partial charge in [0.15, 0.2) is 0 Å². The minimum atomic E-state index is -3.57. The molecule has 1 aliphatic rings. The first kappa shape index (κ1) is 15.3. The number of amides is 2. The lowest BCUT2D eigenvalue weighted by Gasteiger charge is -2.23. The molecule has 0 bridgehead atoms. The molecule has 1 saturated heterocycles. The molecule has 5 N–H and O–H groups in total. The Morgan fingerprint density at radius 2 is 2.05 bits per heavy atom. The van der Waals surface area contributed by atoms with Crippen LogP contribution in [-0.4, -0.2) is 33.3 Å². The number of rotatable bonds is 4. The van der Waals surface area contributed by atoms with Crippen LogP contribution in [-0.2, 0) is 19.6 Å². The molecule has 9 heteroatoms. The van der Waals surface area contributed by atoms with Gasteiger partial charge in [0.25, 0.3) is 0 Å². The molecule has 0 aromatic heterocycles. The average molecular weight is 312 g/mol. The van der Waals surface area contributed by atoms with Gasteiger partial charge in [0.05, 0.1) is 16.3 Å². The van der Waals surface area contributed by atoms with Crippen molar-refractivity contribution in [3.8, 4) is 0 Å². The van der Waals surface area contributed by atoms with Gasteiger partial charge in [-0.3, -0.25) is 14.9 Å². The molecular weight excluding hydrogens is 296 g/mol. The van der Waals surface area contributed by atoms with Crippen molar-refractivity contribution in [2.45, 2.75) is 23.8 Å². The van der Waals surface area contributed by atoms with Gasteiger partial charge in [-0.15, -0.1) is 0 Å². The smallest absolute Gasteiger partial charge is 0.249 e. The number of carbonyl (C=O) groups excluding carboxylic acids is 2. The highest BCUT2D eigenvalue weighted by molar-refractivity contribution is 7.89. The number of nitrogens with two attached hydrogens (primary N) is 1. The molecule has 1 aliphatic heterocycles. The van der Waals surface area contributed by atoms with Gasteiger partial charge in [0, 0.05) is 6.42 Å². The number of nitrogens with one attached hydrogen (secondary N) is 3. The SMILES string of the molecule is CNS(=O)(=O)c1ccc(NC2CCC(=O)NC2=O)c(N)c1. The van der Waals surface area contributed by atoms with Gasteiger partial charge in [-0.1, -0.05) is 0 Å². The summed E-state index contributed by atoms with van der Waals surface area (Å²) >= 11 is 0. The summed E-state index contributed by atoms with van der Waals surface area (Å²) in [4.78, 5) is 22.8. The van der Waals surface area contributed by atoms with E-state index >= 15 is 0 Å². The molecule has 0 spiro atoms. The zero-order valence-electron chi connectivity index (χ0n) is 11.3. The van der Waals surface area contributed by atoms with E-state index in [0.717, 1.165) is 0 Å². The van der Waals surface area contributed by atoms with Crippen molar-refractivity contribution in [3.63, 3.8) is 0 Å². The first-order chi connectivity index (χ1) is 9.83. The standard InChI is InChI=1S/C12H16N4O4S/c1-14-21(19,20)7-2-3-9(8(13)6-7)15-10-4-5-11(17)16-12(10)18/h2-3,6,10,14-15H,4-5,13H2,1H3,(H,16,17,18). The number of nitrogen functional groups attached to an aromatic ring is 1. The fourth-order valence-electron chi connectivity index (χ4n) is 1.98. The fourth-order valence-corrected chi connectivity index (χ4v) is 2.74. The highest BCUT2D eigenvalue weighted by Gasteiger charge is 2.26. The molecule has 1 atom stereocenters. The van der Waals surface area contributed by atoms with Gasteiger partial charge < -0.3 is 11.1 Å². The Hall–Kier alpha value is -2.13. The summed E-state index contributed by atoms with van der Waals surface area (Å²) in [5.74, 6) is -0.723.